The van der Waals surface area contributed by atoms with Crippen molar-refractivity contribution in [1.82, 2.24) is 5.32 Å². The number of carbonyl (C=O) groups excluding carboxylic acids is 1. The number of carbonyl (C=O) groups is 1. The van der Waals surface area contributed by atoms with Gasteiger partial charge in [-0.1, -0.05) is 24.3 Å². The second-order valence-electron chi connectivity index (χ2n) is 3.48. The van der Waals surface area contributed by atoms with Crippen molar-refractivity contribution < 1.29 is 9.53 Å². The Morgan fingerprint density at radius 2 is 2.13 bits per heavy atom. The first-order valence-electron chi connectivity index (χ1n) is 4.76. The van der Waals surface area contributed by atoms with E-state index in [9.17, 15) is 4.79 Å². The smallest absolute Gasteiger partial charge is 0.407 e. The number of alkyl carbamates (subject to hydrolysis) is 1. The average Bonchev–Trinajstić information content (AvgIpc) is 2.18. The van der Waals surface area contributed by atoms with Crippen molar-refractivity contribution in [3.8, 4) is 0 Å². The molecule has 4 heteroatoms. The van der Waals surface area contributed by atoms with Gasteiger partial charge in [0, 0.05) is 6.42 Å². The lowest BCUT2D eigenvalue weighted by atomic mass is 9.99. The molecule has 1 aromatic rings. The van der Waals surface area contributed by atoms with E-state index in [1.165, 1.54) is 11.1 Å². The fourth-order valence-electron chi connectivity index (χ4n) is 1.74. The van der Waals surface area contributed by atoms with Crippen LogP contribution in [0.4, 0.5) is 4.79 Å². The number of halogens is 1. The molecule has 0 aromatic heterocycles. The molecule has 1 N–H and O–H groups in total. The number of hydrogen-bond acceptors (Lipinski definition) is 2. The Morgan fingerprint density at radius 1 is 1.40 bits per heavy atom. The summed E-state index contributed by atoms with van der Waals surface area (Å²) in [5.41, 5.74) is 2.39. The first kappa shape index (κ1) is 11.9. The molecule has 0 radical (unpaired) electrons. The van der Waals surface area contributed by atoms with Crippen LogP contribution in [0, 0.1) is 6.92 Å². The summed E-state index contributed by atoms with van der Waals surface area (Å²) in [5.74, 6) is 0. The summed E-state index contributed by atoms with van der Waals surface area (Å²) < 4.78 is 4.82. The van der Waals surface area contributed by atoms with Crippen LogP contribution in [0.5, 0.6) is 0 Å². The molecule has 1 amide bonds. The molecule has 2 rings (SSSR count). The molecule has 82 valence electrons. The van der Waals surface area contributed by atoms with Gasteiger partial charge in [-0.25, -0.2) is 4.79 Å². The third kappa shape index (κ3) is 2.63. The zero-order chi connectivity index (χ0) is 9.97. The molecule has 0 bridgehead atoms. The lowest BCUT2D eigenvalue weighted by Gasteiger charge is -2.24. The Kier molecular flexibility index (Phi) is 3.97. The molecule has 1 fully saturated rings. The van der Waals surface area contributed by atoms with Gasteiger partial charge in [0.05, 0.1) is 12.6 Å². The Hall–Kier alpha value is -1.22. The van der Waals surface area contributed by atoms with Crippen LogP contribution in [0.25, 0.3) is 0 Å². The number of nitrogens with one attached hydrogen (secondary N) is 1. The molecule has 1 aromatic carbocycles. The molecule has 3 nitrogen and oxygen atoms in total. The number of ether oxygens (including phenoxy) is 1. The standard InChI is InChI=1S/C11H13NO2.ClH/c1-8-4-2-3-5-9(8)10-6-7-14-11(13)12-10;/h2-5,10H,6-7H2,1H3,(H,12,13);1H/t10-;/m0./s1. The lowest BCUT2D eigenvalue weighted by molar-refractivity contribution is 0.115. The van der Waals surface area contributed by atoms with Gasteiger partial charge in [0.25, 0.3) is 0 Å². The van der Waals surface area contributed by atoms with Gasteiger partial charge in [0.1, 0.15) is 0 Å². The highest BCUT2D eigenvalue weighted by Gasteiger charge is 2.21. The number of benzene rings is 1. The van der Waals surface area contributed by atoms with Gasteiger partial charge < -0.3 is 10.1 Å². The SMILES string of the molecule is Cc1ccccc1[C@@H]1CCOC(=O)N1.Cl. The summed E-state index contributed by atoms with van der Waals surface area (Å²) in [6.45, 7) is 2.56. The van der Waals surface area contributed by atoms with Crippen LogP contribution >= 0.6 is 12.4 Å². The summed E-state index contributed by atoms with van der Waals surface area (Å²) in [6.07, 6.45) is 0.529. The zero-order valence-electron chi connectivity index (χ0n) is 8.53. The van der Waals surface area contributed by atoms with Gasteiger partial charge in [0.2, 0.25) is 0 Å². The van der Waals surface area contributed by atoms with Gasteiger partial charge >= 0.3 is 6.09 Å². The lowest BCUT2D eigenvalue weighted by Crippen LogP contribution is -2.35. The third-order valence-electron chi connectivity index (χ3n) is 2.50. The van der Waals surface area contributed by atoms with Crippen LogP contribution < -0.4 is 5.32 Å². The predicted octanol–water partition coefficient (Wildman–Crippen LogP) is 2.59. The van der Waals surface area contributed by atoms with Crippen molar-refractivity contribution in [2.75, 3.05) is 6.61 Å². The number of rotatable bonds is 1. The first-order chi connectivity index (χ1) is 6.77. The largest absolute Gasteiger partial charge is 0.449 e. The minimum absolute atomic E-state index is 0. The fraction of sp³-hybridized carbons (Fsp3) is 0.364. The van der Waals surface area contributed by atoms with Crippen molar-refractivity contribution in [2.45, 2.75) is 19.4 Å². The highest BCUT2D eigenvalue weighted by Crippen LogP contribution is 2.22. The molecule has 0 unspecified atom stereocenters. The number of hydrogen-bond donors (Lipinski definition) is 1. The quantitative estimate of drug-likeness (QED) is 0.801. The molecule has 1 atom stereocenters. The average molecular weight is 228 g/mol. The molecule has 15 heavy (non-hydrogen) atoms. The molecule has 1 aliphatic heterocycles. The van der Waals surface area contributed by atoms with Gasteiger partial charge in [-0.3, -0.25) is 0 Å². The van der Waals surface area contributed by atoms with Crippen LogP contribution in [-0.2, 0) is 4.74 Å². The van der Waals surface area contributed by atoms with E-state index >= 15 is 0 Å². The summed E-state index contributed by atoms with van der Waals surface area (Å²) in [5, 5.41) is 2.81. The molecule has 0 aliphatic carbocycles. The Bertz CT molecular complexity index is 354. The van der Waals surface area contributed by atoms with E-state index in [0.29, 0.717) is 6.61 Å². The van der Waals surface area contributed by atoms with Crippen LogP contribution in [0.3, 0.4) is 0 Å². The highest BCUT2D eigenvalue weighted by molar-refractivity contribution is 5.85. The summed E-state index contributed by atoms with van der Waals surface area (Å²) in [4.78, 5) is 11.0. The molecule has 0 spiro atoms. The van der Waals surface area contributed by atoms with E-state index in [4.69, 9.17) is 4.74 Å². The first-order valence-corrected chi connectivity index (χ1v) is 4.76. The zero-order valence-corrected chi connectivity index (χ0v) is 9.34. The topological polar surface area (TPSA) is 38.3 Å². The van der Waals surface area contributed by atoms with E-state index in [2.05, 4.69) is 18.3 Å². The van der Waals surface area contributed by atoms with Crippen molar-refractivity contribution in [1.29, 1.82) is 0 Å². The van der Waals surface area contributed by atoms with Gasteiger partial charge in [-0.05, 0) is 18.1 Å². The molecule has 0 saturated carbocycles. The van der Waals surface area contributed by atoms with Gasteiger partial charge in [0.15, 0.2) is 0 Å². The second-order valence-corrected chi connectivity index (χ2v) is 3.48. The second kappa shape index (κ2) is 5.03. The number of amides is 1. The van der Waals surface area contributed by atoms with Crippen molar-refractivity contribution in [3.63, 3.8) is 0 Å². The van der Waals surface area contributed by atoms with E-state index in [-0.39, 0.29) is 24.5 Å². The van der Waals surface area contributed by atoms with Crippen LogP contribution in [-0.4, -0.2) is 12.7 Å². The maximum absolute atomic E-state index is 11.0. The number of aryl methyl sites for hydroxylation is 1. The van der Waals surface area contributed by atoms with Crippen molar-refractivity contribution in [3.05, 3.63) is 35.4 Å². The minimum Gasteiger partial charge on any atom is -0.449 e. The van der Waals surface area contributed by atoms with Crippen molar-refractivity contribution >= 4 is 18.5 Å². The van der Waals surface area contributed by atoms with Crippen LogP contribution in [0.1, 0.15) is 23.6 Å². The Labute approximate surface area is 95.2 Å². The van der Waals surface area contributed by atoms with Gasteiger partial charge in [-0.15, -0.1) is 12.4 Å². The fourth-order valence-corrected chi connectivity index (χ4v) is 1.74. The minimum atomic E-state index is -0.315. The molecular formula is C11H14ClNO2. The van der Waals surface area contributed by atoms with E-state index in [0.717, 1.165) is 6.42 Å². The molecular weight excluding hydrogens is 214 g/mol. The highest BCUT2D eigenvalue weighted by atomic mass is 35.5. The molecule has 1 saturated heterocycles. The number of cyclic esters (lactones) is 1. The maximum Gasteiger partial charge on any atom is 0.407 e. The third-order valence-corrected chi connectivity index (χ3v) is 2.50. The molecule has 1 aliphatic rings. The monoisotopic (exact) mass is 227 g/mol. The summed E-state index contributed by atoms with van der Waals surface area (Å²) in [7, 11) is 0. The van der Waals surface area contributed by atoms with E-state index in [1.807, 2.05) is 18.2 Å². The van der Waals surface area contributed by atoms with Gasteiger partial charge in [-0.2, -0.15) is 0 Å². The van der Waals surface area contributed by atoms with Crippen LogP contribution in [0.2, 0.25) is 0 Å². The van der Waals surface area contributed by atoms with E-state index < -0.39 is 0 Å². The molecule has 1 heterocycles. The summed E-state index contributed by atoms with van der Waals surface area (Å²) >= 11 is 0. The predicted molar refractivity (Wildman–Crippen MR) is 60.3 cm³/mol. The Balaban J connectivity index is 0.00000112. The van der Waals surface area contributed by atoms with Crippen LogP contribution in [0.15, 0.2) is 24.3 Å². The Morgan fingerprint density at radius 3 is 2.80 bits per heavy atom. The summed E-state index contributed by atoms with van der Waals surface area (Å²) in [6, 6.07) is 8.20. The maximum atomic E-state index is 11.0. The van der Waals surface area contributed by atoms with Crippen molar-refractivity contribution in [2.24, 2.45) is 0 Å². The normalized spacial score (nSPS) is 19.8. The van der Waals surface area contributed by atoms with E-state index in [1.54, 1.807) is 0 Å².